The molecule has 44 heavy (non-hydrogen) atoms. The van der Waals surface area contributed by atoms with Crippen LogP contribution in [0.2, 0.25) is 0 Å². The Morgan fingerprint density at radius 1 is 0.773 bits per heavy atom. The van der Waals surface area contributed by atoms with Crippen molar-refractivity contribution in [2.45, 2.75) is 97.1 Å². The van der Waals surface area contributed by atoms with Gasteiger partial charge >= 0.3 is 18.0 Å². The van der Waals surface area contributed by atoms with Gasteiger partial charge in [0.25, 0.3) is 0 Å². The van der Waals surface area contributed by atoms with Crippen LogP contribution in [0.3, 0.4) is 0 Å². The molecule has 0 radical (unpaired) electrons. The summed E-state index contributed by atoms with van der Waals surface area (Å²) in [6, 6.07) is 15.8. The molecule has 10 heteroatoms. The Morgan fingerprint density at radius 3 is 1.93 bits per heavy atom. The van der Waals surface area contributed by atoms with Crippen LogP contribution in [0.4, 0.5) is 4.79 Å². The van der Waals surface area contributed by atoms with E-state index in [4.69, 9.17) is 14.2 Å². The summed E-state index contributed by atoms with van der Waals surface area (Å²) < 4.78 is 16.1. The van der Waals surface area contributed by atoms with Crippen molar-refractivity contribution in [3.63, 3.8) is 0 Å². The standard InChI is InChI=1S/C34H44N2O8/c1-5-6-18-27(37)19-13-20-28(32(40)44-34(2,3)4)35-30(38)22-21-29(31(39)42-23-25-14-9-7-10-15-25)36-33(41)43-24-26-16-11-8-12-17-26/h7-17,19,28-29H,5-6,18,20-24H2,1-4H3,(H,35,38)(H,36,41)/b19-13+/t28-,29-/m0/s1. The van der Waals surface area contributed by atoms with Crippen LogP contribution in [0, 0.1) is 0 Å². The fraction of sp³-hybridized carbons (Fsp3) is 0.441. The molecule has 0 aromatic heterocycles. The first-order valence-corrected chi connectivity index (χ1v) is 14.9. The molecular weight excluding hydrogens is 564 g/mol. The lowest BCUT2D eigenvalue weighted by Gasteiger charge is -2.24. The lowest BCUT2D eigenvalue weighted by molar-refractivity contribution is -0.158. The number of allylic oxidation sites excluding steroid dienone is 1. The van der Waals surface area contributed by atoms with Gasteiger partial charge in [-0.15, -0.1) is 0 Å². The maximum atomic E-state index is 13.0. The molecular formula is C34H44N2O8. The van der Waals surface area contributed by atoms with Gasteiger partial charge in [-0.1, -0.05) is 80.1 Å². The molecule has 0 aliphatic carbocycles. The second-order valence-electron chi connectivity index (χ2n) is 11.3. The highest BCUT2D eigenvalue weighted by Gasteiger charge is 2.28. The van der Waals surface area contributed by atoms with Gasteiger partial charge in [-0.05, 0) is 57.2 Å². The summed E-state index contributed by atoms with van der Waals surface area (Å²) in [6.45, 7) is 7.09. The molecule has 10 nitrogen and oxygen atoms in total. The number of benzene rings is 2. The molecule has 0 spiro atoms. The third-order valence-corrected chi connectivity index (χ3v) is 6.15. The molecule has 0 aliphatic heterocycles. The van der Waals surface area contributed by atoms with E-state index in [2.05, 4.69) is 10.6 Å². The first-order chi connectivity index (χ1) is 21.0. The van der Waals surface area contributed by atoms with Crippen LogP contribution in [0.1, 0.15) is 77.3 Å². The summed E-state index contributed by atoms with van der Waals surface area (Å²) in [5.41, 5.74) is 0.725. The van der Waals surface area contributed by atoms with E-state index < -0.39 is 41.6 Å². The maximum Gasteiger partial charge on any atom is 0.408 e. The number of esters is 2. The van der Waals surface area contributed by atoms with Gasteiger partial charge in [0.1, 0.15) is 30.9 Å². The molecule has 0 saturated carbocycles. The zero-order valence-corrected chi connectivity index (χ0v) is 26.0. The Balaban J connectivity index is 2.05. The van der Waals surface area contributed by atoms with Crippen molar-refractivity contribution < 1.29 is 38.2 Å². The fourth-order valence-corrected chi connectivity index (χ4v) is 3.88. The number of unbranched alkanes of at least 4 members (excludes halogenated alkanes) is 1. The monoisotopic (exact) mass is 608 g/mol. The molecule has 0 unspecified atom stereocenters. The van der Waals surface area contributed by atoms with Gasteiger partial charge in [-0.2, -0.15) is 0 Å². The largest absolute Gasteiger partial charge is 0.459 e. The lowest BCUT2D eigenvalue weighted by atomic mass is 10.1. The minimum absolute atomic E-state index is 0.00895. The van der Waals surface area contributed by atoms with E-state index in [0.717, 1.165) is 24.0 Å². The zero-order valence-electron chi connectivity index (χ0n) is 26.0. The highest BCUT2D eigenvalue weighted by molar-refractivity contribution is 5.90. The first-order valence-electron chi connectivity index (χ1n) is 14.9. The maximum absolute atomic E-state index is 13.0. The quantitative estimate of drug-likeness (QED) is 0.140. The number of amides is 2. The second-order valence-corrected chi connectivity index (χ2v) is 11.3. The van der Waals surface area contributed by atoms with Crippen LogP contribution in [0.25, 0.3) is 0 Å². The smallest absolute Gasteiger partial charge is 0.408 e. The normalized spacial score (nSPS) is 12.5. The van der Waals surface area contributed by atoms with Crippen molar-refractivity contribution >= 4 is 29.7 Å². The van der Waals surface area contributed by atoms with Gasteiger partial charge in [-0.25, -0.2) is 14.4 Å². The molecule has 238 valence electrons. The van der Waals surface area contributed by atoms with Gasteiger partial charge in [-0.3, -0.25) is 9.59 Å². The van der Waals surface area contributed by atoms with E-state index in [9.17, 15) is 24.0 Å². The average molecular weight is 609 g/mol. The minimum Gasteiger partial charge on any atom is -0.459 e. The Hall–Kier alpha value is -4.47. The highest BCUT2D eigenvalue weighted by atomic mass is 16.6. The first kappa shape index (κ1) is 35.7. The molecule has 0 fully saturated rings. The molecule has 2 atom stereocenters. The second kappa shape index (κ2) is 18.9. The fourth-order valence-electron chi connectivity index (χ4n) is 3.88. The summed E-state index contributed by atoms with van der Waals surface area (Å²) in [5, 5.41) is 5.13. The number of carbonyl (C=O) groups is 5. The molecule has 2 rings (SSSR count). The molecule has 0 aliphatic rings. The summed E-state index contributed by atoms with van der Waals surface area (Å²) in [7, 11) is 0. The van der Waals surface area contributed by atoms with E-state index in [0.29, 0.717) is 6.42 Å². The Kier molecular flexibility index (Phi) is 15.4. The van der Waals surface area contributed by atoms with E-state index >= 15 is 0 Å². The van der Waals surface area contributed by atoms with Crippen LogP contribution in [-0.4, -0.2) is 47.4 Å². The number of ether oxygens (including phenoxy) is 3. The average Bonchev–Trinajstić information content (AvgIpc) is 2.99. The van der Waals surface area contributed by atoms with E-state index in [-0.39, 0.29) is 38.3 Å². The summed E-state index contributed by atoms with van der Waals surface area (Å²) in [6.07, 6.45) is 3.86. The van der Waals surface area contributed by atoms with Crippen LogP contribution in [0.5, 0.6) is 0 Å². The lowest BCUT2D eigenvalue weighted by Crippen LogP contribution is -2.45. The third kappa shape index (κ3) is 15.1. The minimum atomic E-state index is -1.19. The SMILES string of the molecule is CCCCC(=O)/C=C/C[C@H](NC(=O)CC[C@H](NC(=O)OCc1ccccc1)C(=O)OCc1ccccc1)C(=O)OC(C)(C)C. The van der Waals surface area contributed by atoms with Crippen molar-refractivity contribution in [2.24, 2.45) is 0 Å². The number of ketones is 1. The topological polar surface area (TPSA) is 137 Å². The van der Waals surface area contributed by atoms with Crippen molar-refractivity contribution in [1.29, 1.82) is 0 Å². The Morgan fingerprint density at radius 2 is 1.36 bits per heavy atom. The molecule has 2 amide bonds. The van der Waals surface area contributed by atoms with Gasteiger partial charge in [0.2, 0.25) is 5.91 Å². The molecule has 2 aromatic rings. The number of nitrogens with one attached hydrogen (secondary N) is 2. The number of rotatable bonds is 17. The summed E-state index contributed by atoms with van der Waals surface area (Å²) >= 11 is 0. The van der Waals surface area contributed by atoms with E-state index in [1.54, 1.807) is 51.1 Å². The van der Waals surface area contributed by atoms with E-state index in [1.165, 1.54) is 6.08 Å². The number of carbonyl (C=O) groups excluding carboxylic acids is 5. The van der Waals surface area contributed by atoms with Gasteiger partial charge in [0.05, 0.1) is 0 Å². The van der Waals surface area contributed by atoms with Crippen molar-refractivity contribution in [3.8, 4) is 0 Å². The Bertz CT molecular complexity index is 1240. The summed E-state index contributed by atoms with van der Waals surface area (Å²) in [5.74, 6) is -2.01. The van der Waals surface area contributed by atoms with Gasteiger partial charge in [0, 0.05) is 12.8 Å². The molecule has 2 aromatic carbocycles. The number of alkyl carbamates (subject to hydrolysis) is 1. The number of hydrogen-bond donors (Lipinski definition) is 2. The van der Waals surface area contributed by atoms with E-state index in [1.807, 2.05) is 43.3 Å². The molecule has 0 heterocycles. The van der Waals surface area contributed by atoms with Crippen molar-refractivity contribution in [3.05, 3.63) is 83.9 Å². The molecule has 2 N–H and O–H groups in total. The van der Waals surface area contributed by atoms with Crippen LogP contribution in [0.15, 0.2) is 72.8 Å². The molecule has 0 bridgehead atoms. The predicted octanol–water partition coefficient (Wildman–Crippen LogP) is 5.34. The van der Waals surface area contributed by atoms with Gasteiger partial charge < -0.3 is 24.8 Å². The number of hydrogen-bond acceptors (Lipinski definition) is 8. The van der Waals surface area contributed by atoms with Gasteiger partial charge in [0.15, 0.2) is 5.78 Å². The predicted molar refractivity (Wildman–Crippen MR) is 165 cm³/mol. The Labute approximate surface area is 259 Å². The molecule has 0 saturated heterocycles. The highest BCUT2D eigenvalue weighted by Crippen LogP contribution is 2.12. The third-order valence-electron chi connectivity index (χ3n) is 6.15. The van der Waals surface area contributed by atoms with Crippen molar-refractivity contribution in [1.82, 2.24) is 10.6 Å². The van der Waals surface area contributed by atoms with Crippen molar-refractivity contribution in [2.75, 3.05) is 0 Å². The van der Waals surface area contributed by atoms with Crippen LogP contribution < -0.4 is 10.6 Å². The van der Waals surface area contributed by atoms with Crippen LogP contribution >= 0.6 is 0 Å². The summed E-state index contributed by atoms with van der Waals surface area (Å²) in [4.78, 5) is 63.3. The van der Waals surface area contributed by atoms with Crippen LogP contribution in [-0.2, 0) is 46.6 Å². The zero-order chi connectivity index (χ0) is 32.4.